The third-order valence-corrected chi connectivity index (χ3v) is 2.17. The van der Waals surface area contributed by atoms with Crippen LogP contribution in [0.4, 0.5) is 0 Å². The third-order valence-electron chi connectivity index (χ3n) is 1.66. The van der Waals surface area contributed by atoms with Crippen molar-refractivity contribution in [1.29, 1.82) is 0 Å². The van der Waals surface area contributed by atoms with E-state index >= 15 is 0 Å². The maximum absolute atomic E-state index is 11.2. The van der Waals surface area contributed by atoms with Crippen molar-refractivity contribution < 1.29 is 14.6 Å². The van der Waals surface area contributed by atoms with Crippen LogP contribution in [0, 0.1) is 0 Å². The Morgan fingerprint density at radius 1 is 1.53 bits per heavy atom. The van der Waals surface area contributed by atoms with Gasteiger partial charge in [-0.3, -0.25) is 4.79 Å². The number of para-hydroxylation sites is 1. The molecule has 0 saturated heterocycles. The summed E-state index contributed by atoms with van der Waals surface area (Å²) in [4.78, 5) is 11.2. The van der Waals surface area contributed by atoms with Crippen LogP contribution in [0.3, 0.4) is 0 Å². The average Bonchev–Trinajstić information content (AvgIpc) is 2.18. The Bertz CT molecular complexity index is 388. The van der Waals surface area contributed by atoms with Gasteiger partial charge in [0.15, 0.2) is 0 Å². The van der Waals surface area contributed by atoms with Crippen molar-refractivity contribution in [1.82, 2.24) is 0 Å². The summed E-state index contributed by atoms with van der Waals surface area (Å²) in [6.45, 7) is 1.58. The van der Waals surface area contributed by atoms with Gasteiger partial charge in [0.25, 0.3) is 0 Å². The van der Waals surface area contributed by atoms with E-state index in [0.717, 1.165) is 0 Å². The van der Waals surface area contributed by atoms with Gasteiger partial charge in [0, 0.05) is 0 Å². The molecule has 0 heterocycles. The van der Waals surface area contributed by atoms with E-state index in [1.165, 1.54) is 6.07 Å². The molecule has 0 aliphatic heterocycles. The van der Waals surface area contributed by atoms with Gasteiger partial charge in [-0.05, 0) is 31.3 Å². The lowest BCUT2D eigenvalue weighted by atomic mass is 10.2. The van der Waals surface area contributed by atoms with Crippen LogP contribution in [0.25, 0.3) is 0 Å². The number of phenolic OH excluding ortho intramolecular Hbond substituents is 1. The van der Waals surface area contributed by atoms with Crippen LogP contribution in [0.2, 0.25) is 0 Å². The molecule has 15 heavy (non-hydrogen) atoms. The van der Waals surface area contributed by atoms with Crippen molar-refractivity contribution in [2.75, 3.05) is 0 Å². The highest BCUT2D eigenvalue weighted by molar-refractivity contribution is 7.82. The minimum atomic E-state index is -0.547. The first-order valence-electron chi connectivity index (χ1n) is 4.24. The number of hydrogen-bond donors (Lipinski definition) is 2. The lowest BCUT2D eigenvalue weighted by molar-refractivity contribution is -0.134. The van der Waals surface area contributed by atoms with Gasteiger partial charge in [0.1, 0.15) is 5.75 Å². The zero-order valence-electron chi connectivity index (χ0n) is 8.01. The molecule has 1 unspecified atom stereocenters. The molecule has 0 aliphatic rings. The number of carbonyl (C=O) groups excluding carboxylic acids is 1. The molecule has 5 heteroatoms. The molecule has 0 amide bonds. The summed E-state index contributed by atoms with van der Waals surface area (Å²) in [5.41, 5.74) is 0.329. The van der Waals surface area contributed by atoms with Crippen LogP contribution in [0.5, 0.6) is 5.75 Å². The zero-order chi connectivity index (χ0) is 11.4. The first-order valence-corrected chi connectivity index (χ1v) is 5.17. The number of aromatic hydroxyl groups is 1. The van der Waals surface area contributed by atoms with Gasteiger partial charge < -0.3 is 9.84 Å². The number of thiol groups is 1. The number of rotatable bonds is 2. The van der Waals surface area contributed by atoms with Gasteiger partial charge in [-0.15, -0.1) is 0 Å². The summed E-state index contributed by atoms with van der Waals surface area (Å²) in [7, 11) is 0. The number of carbonyl (C=O) groups is 1. The van der Waals surface area contributed by atoms with Crippen molar-refractivity contribution in [3.05, 3.63) is 29.8 Å². The van der Waals surface area contributed by atoms with E-state index in [4.69, 9.17) is 17.0 Å². The minimum Gasteiger partial charge on any atom is -0.507 e. The highest BCUT2D eigenvalue weighted by atomic mass is 32.1. The van der Waals surface area contributed by atoms with Crippen LogP contribution in [0.15, 0.2) is 24.3 Å². The maximum Gasteiger partial charge on any atom is 0.324 e. The molecule has 0 aromatic heterocycles. The first kappa shape index (κ1) is 12.0. The molecule has 0 radical (unpaired) electrons. The third kappa shape index (κ3) is 3.21. The number of phenols is 1. The van der Waals surface area contributed by atoms with Crippen LogP contribution in [0.1, 0.15) is 12.5 Å². The van der Waals surface area contributed by atoms with E-state index in [0.29, 0.717) is 5.56 Å². The maximum atomic E-state index is 11.2. The quantitative estimate of drug-likeness (QED) is 0.472. The van der Waals surface area contributed by atoms with Crippen molar-refractivity contribution in [3.8, 4) is 5.75 Å². The fourth-order valence-electron chi connectivity index (χ4n) is 0.878. The van der Waals surface area contributed by atoms with Crippen LogP contribution in [-0.2, 0) is 9.53 Å². The van der Waals surface area contributed by atoms with Gasteiger partial charge in [0.2, 0.25) is 5.05 Å². The van der Waals surface area contributed by atoms with E-state index in [1.807, 2.05) is 0 Å². The Balaban J connectivity index is 2.79. The SMILES string of the molecule is CC(S)C(=O)OC(=S)c1ccccc1O. The Labute approximate surface area is 98.5 Å². The highest BCUT2D eigenvalue weighted by Gasteiger charge is 2.15. The average molecular weight is 242 g/mol. The highest BCUT2D eigenvalue weighted by Crippen LogP contribution is 2.17. The molecule has 1 atom stereocenters. The number of hydrogen-bond acceptors (Lipinski definition) is 5. The van der Waals surface area contributed by atoms with Crippen LogP contribution >= 0.6 is 24.8 Å². The second-order valence-electron chi connectivity index (χ2n) is 2.90. The predicted octanol–water partition coefficient (Wildman–Crippen LogP) is 1.93. The van der Waals surface area contributed by atoms with E-state index in [9.17, 15) is 9.90 Å². The van der Waals surface area contributed by atoms with Gasteiger partial charge in [0.05, 0.1) is 10.8 Å². The summed E-state index contributed by atoms with van der Waals surface area (Å²) < 4.78 is 4.83. The lowest BCUT2D eigenvalue weighted by Crippen LogP contribution is -2.18. The fraction of sp³-hybridized carbons (Fsp3) is 0.200. The molecule has 0 bridgehead atoms. The normalized spacial score (nSPS) is 11.9. The monoisotopic (exact) mass is 242 g/mol. The van der Waals surface area contributed by atoms with Crippen LogP contribution in [-0.4, -0.2) is 21.4 Å². The zero-order valence-corrected chi connectivity index (χ0v) is 9.72. The van der Waals surface area contributed by atoms with Gasteiger partial charge in [-0.25, -0.2) is 0 Å². The van der Waals surface area contributed by atoms with Crippen molar-refractivity contribution in [2.24, 2.45) is 0 Å². The largest absolute Gasteiger partial charge is 0.507 e. The molecular formula is C10H10O3S2. The Morgan fingerprint density at radius 2 is 2.13 bits per heavy atom. The predicted molar refractivity (Wildman–Crippen MR) is 64.3 cm³/mol. The van der Waals surface area contributed by atoms with E-state index < -0.39 is 11.2 Å². The molecule has 1 aromatic rings. The molecule has 3 nitrogen and oxygen atoms in total. The van der Waals surface area contributed by atoms with Gasteiger partial charge in [-0.1, -0.05) is 12.1 Å². The number of thiocarbonyl (C=S) groups is 1. The molecule has 1 aromatic carbocycles. The van der Waals surface area contributed by atoms with Gasteiger partial charge >= 0.3 is 5.97 Å². The van der Waals surface area contributed by atoms with Gasteiger partial charge in [-0.2, -0.15) is 12.6 Å². The van der Waals surface area contributed by atoms with E-state index in [2.05, 4.69) is 12.6 Å². The molecule has 80 valence electrons. The topological polar surface area (TPSA) is 46.5 Å². The van der Waals surface area contributed by atoms with Crippen molar-refractivity contribution in [2.45, 2.75) is 12.2 Å². The number of ether oxygens (including phenoxy) is 1. The molecule has 1 rings (SSSR count). The first-order chi connectivity index (χ1) is 7.02. The van der Waals surface area contributed by atoms with E-state index in [1.54, 1.807) is 25.1 Å². The molecule has 0 fully saturated rings. The second-order valence-corrected chi connectivity index (χ2v) is 4.05. The summed E-state index contributed by atoms with van der Waals surface area (Å²) in [6.07, 6.45) is 0. The summed E-state index contributed by atoms with van der Waals surface area (Å²) >= 11 is 8.78. The van der Waals surface area contributed by atoms with Crippen molar-refractivity contribution in [3.63, 3.8) is 0 Å². The number of benzene rings is 1. The Kier molecular flexibility index (Phi) is 4.11. The second kappa shape index (κ2) is 5.14. The van der Waals surface area contributed by atoms with Crippen molar-refractivity contribution >= 4 is 35.9 Å². The molecule has 0 saturated carbocycles. The molecule has 1 N–H and O–H groups in total. The minimum absolute atomic E-state index is 0.0119. The molecule has 0 aliphatic carbocycles. The smallest absolute Gasteiger partial charge is 0.324 e. The number of esters is 1. The summed E-state index contributed by atoms with van der Waals surface area (Å²) in [5.74, 6) is -0.547. The standard InChI is InChI=1S/C10H10O3S2/c1-6(14)9(12)13-10(15)7-4-2-3-5-8(7)11/h2-6,11,14H,1H3. The Hall–Kier alpha value is -1.07. The Morgan fingerprint density at radius 3 is 2.67 bits per heavy atom. The lowest BCUT2D eigenvalue weighted by Gasteiger charge is -2.08. The molecule has 0 spiro atoms. The van der Waals surface area contributed by atoms with Crippen LogP contribution < -0.4 is 0 Å². The van der Waals surface area contributed by atoms with E-state index in [-0.39, 0.29) is 10.8 Å². The summed E-state index contributed by atoms with van der Waals surface area (Å²) in [5, 5.41) is 8.84. The fourth-order valence-corrected chi connectivity index (χ4v) is 1.19. The summed E-state index contributed by atoms with van der Waals surface area (Å²) in [6, 6.07) is 6.40. The molecular weight excluding hydrogens is 232 g/mol.